The Balaban J connectivity index is 1.57. The van der Waals surface area contributed by atoms with Gasteiger partial charge in [0.05, 0.1) is 18.1 Å². The highest BCUT2D eigenvalue weighted by molar-refractivity contribution is 9.10. The lowest BCUT2D eigenvalue weighted by atomic mass is 9.93. The molecule has 1 fully saturated rings. The Bertz CT molecular complexity index is 786. The minimum absolute atomic E-state index is 0.0203. The molecular formula is C19H17BrFNO2. The van der Waals surface area contributed by atoms with Crippen molar-refractivity contribution in [2.45, 2.75) is 30.7 Å². The van der Waals surface area contributed by atoms with Crippen LogP contribution in [0.2, 0.25) is 0 Å². The number of fused-ring (bicyclic) bond motifs is 1. The lowest BCUT2D eigenvalue weighted by molar-refractivity contribution is -0.124. The number of carbonyl (C=O) groups is 1. The van der Waals surface area contributed by atoms with E-state index in [9.17, 15) is 9.18 Å². The lowest BCUT2D eigenvalue weighted by Crippen LogP contribution is -2.39. The Morgan fingerprint density at radius 1 is 1.21 bits per heavy atom. The third-order valence-electron chi connectivity index (χ3n) is 4.90. The molecule has 1 heterocycles. The standard InChI is InChI=1S/C19H17BrFNO2/c20-13-3-6-17-15(11-13)16(7-10-24-17)22-18(23)19(8-9-19)12-1-4-14(21)5-2-12/h1-6,11,16H,7-10H2,(H,22,23). The predicted molar refractivity (Wildman–Crippen MR) is 92.4 cm³/mol. The SMILES string of the molecule is O=C(NC1CCOc2ccc(Br)cc21)C1(c2ccc(F)cc2)CC1. The van der Waals surface area contributed by atoms with Crippen LogP contribution in [-0.2, 0) is 10.2 Å². The Morgan fingerprint density at radius 2 is 1.96 bits per heavy atom. The van der Waals surface area contributed by atoms with E-state index < -0.39 is 5.41 Å². The molecule has 3 nitrogen and oxygen atoms in total. The molecule has 0 saturated heterocycles. The first kappa shape index (κ1) is 15.6. The average Bonchev–Trinajstić information content (AvgIpc) is 3.38. The first-order valence-electron chi connectivity index (χ1n) is 8.08. The summed E-state index contributed by atoms with van der Waals surface area (Å²) in [5.41, 5.74) is 1.39. The highest BCUT2D eigenvalue weighted by atomic mass is 79.9. The number of halogens is 2. The van der Waals surface area contributed by atoms with E-state index in [1.165, 1.54) is 12.1 Å². The van der Waals surface area contributed by atoms with Gasteiger partial charge in [-0.3, -0.25) is 4.79 Å². The minimum Gasteiger partial charge on any atom is -0.493 e. The second-order valence-corrected chi connectivity index (χ2v) is 7.35. The largest absolute Gasteiger partial charge is 0.493 e. The monoisotopic (exact) mass is 389 g/mol. The summed E-state index contributed by atoms with van der Waals surface area (Å²) in [5, 5.41) is 3.18. The summed E-state index contributed by atoms with van der Waals surface area (Å²) < 4.78 is 19.8. The Labute approximate surface area is 148 Å². The molecule has 1 N–H and O–H groups in total. The van der Waals surface area contributed by atoms with Crippen LogP contribution in [-0.4, -0.2) is 12.5 Å². The predicted octanol–water partition coefficient (Wildman–Crippen LogP) is 4.26. The second kappa shape index (κ2) is 5.88. The van der Waals surface area contributed by atoms with Crippen LogP contribution in [0.3, 0.4) is 0 Å². The van der Waals surface area contributed by atoms with E-state index in [2.05, 4.69) is 21.2 Å². The molecular weight excluding hydrogens is 373 g/mol. The van der Waals surface area contributed by atoms with Crippen molar-refractivity contribution in [3.63, 3.8) is 0 Å². The topological polar surface area (TPSA) is 38.3 Å². The van der Waals surface area contributed by atoms with Gasteiger partial charge in [0.25, 0.3) is 0 Å². The van der Waals surface area contributed by atoms with E-state index in [4.69, 9.17) is 4.74 Å². The van der Waals surface area contributed by atoms with E-state index in [1.54, 1.807) is 12.1 Å². The molecule has 0 radical (unpaired) electrons. The quantitative estimate of drug-likeness (QED) is 0.851. The number of hydrogen-bond donors (Lipinski definition) is 1. The number of amides is 1. The molecule has 2 aliphatic rings. The summed E-state index contributed by atoms with van der Waals surface area (Å²) in [6, 6.07) is 12.1. The zero-order valence-corrected chi connectivity index (χ0v) is 14.6. The summed E-state index contributed by atoms with van der Waals surface area (Å²) in [6.45, 7) is 0.586. The van der Waals surface area contributed by atoms with Crippen LogP contribution in [0.1, 0.15) is 36.4 Å². The highest BCUT2D eigenvalue weighted by Crippen LogP contribution is 2.49. The molecule has 1 atom stereocenters. The molecule has 1 aliphatic carbocycles. The van der Waals surface area contributed by atoms with E-state index in [-0.39, 0.29) is 17.8 Å². The second-order valence-electron chi connectivity index (χ2n) is 6.43. The number of ether oxygens (including phenoxy) is 1. The smallest absolute Gasteiger partial charge is 0.231 e. The minimum atomic E-state index is -0.502. The van der Waals surface area contributed by atoms with E-state index in [0.29, 0.717) is 6.61 Å². The molecule has 2 aromatic carbocycles. The summed E-state index contributed by atoms with van der Waals surface area (Å²) in [7, 11) is 0. The zero-order valence-electron chi connectivity index (χ0n) is 13.0. The van der Waals surface area contributed by atoms with Gasteiger partial charge in [-0.2, -0.15) is 0 Å². The molecule has 2 aromatic rings. The van der Waals surface area contributed by atoms with E-state index >= 15 is 0 Å². The van der Waals surface area contributed by atoms with Crippen molar-refractivity contribution >= 4 is 21.8 Å². The zero-order chi connectivity index (χ0) is 16.7. The third-order valence-corrected chi connectivity index (χ3v) is 5.39. The van der Waals surface area contributed by atoms with Crippen molar-refractivity contribution in [1.29, 1.82) is 0 Å². The fraction of sp³-hybridized carbons (Fsp3) is 0.316. The molecule has 0 spiro atoms. The van der Waals surface area contributed by atoms with Crippen LogP contribution < -0.4 is 10.1 Å². The number of carbonyl (C=O) groups excluding carboxylic acids is 1. The average molecular weight is 390 g/mol. The van der Waals surface area contributed by atoms with Crippen molar-refractivity contribution in [2.75, 3.05) is 6.61 Å². The maximum atomic E-state index is 13.2. The molecule has 0 aromatic heterocycles. The summed E-state index contributed by atoms with van der Waals surface area (Å²) in [6.07, 6.45) is 2.35. The number of rotatable bonds is 3. The Hall–Kier alpha value is -1.88. The van der Waals surface area contributed by atoms with E-state index in [0.717, 1.165) is 40.6 Å². The van der Waals surface area contributed by atoms with Gasteiger partial charge in [0.15, 0.2) is 0 Å². The summed E-state index contributed by atoms with van der Waals surface area (Å²) in [4.78, 5) is 12.9. The van der Waals surface area contributed by atoms with Crippen LogP contribution in [0.5, 0.6) is 5.75 Å². The van der Waals surface area contributed by atoms with Crippen molar-refractivity contribution in [3.8, 4) is 5.75 Å². The van der Waals surface area contributed by atoms with Gasteiger partial charge in [0, 0.05) is 16.5 Å². The highest BCUT2D eigenvalue weighted by Gasteiger charge is 2.51. The van der Waals surface area contributed by atoms with Gasteiger partial charge in [0.1, 0.15) is 11.6 Å². The summed E-state index contributed by atoms with van der Waals surface area (Å²) in [5.74, 6) is 0.562. The van der Waals surface area contributed by atoms with Crippen LogP contribution >= 0.6 is 15.9 Å². The third kappa shape index (κ3) is 2.71. The molecule has 1 saturated carbocycles. The normalized spacial score (nSPS) is 20.7. The maximum absolute atomic E-state index is 13.2. The fourth-order valence-electron chi connectivity index (χ4n) is 3.35. The van der Waals surface area contributed by atoms with Crippen LogP contribution in [0.15, 0.2) is 46.9 Å². The van der Waals surface area contributed by atoms with Crippen LogP contribution in [0.25, 0.3) is 0 Å². The van der Waals surface area contributed by atoms with Crippen molar-refractivity contribution in [3.05, 3.63) is 63.9 Å². The first-order valence-corrected chi connectivity index (χ1v) is 8.87. The van der Waals surface area contributed by atoms with Crippen LogP contribution in [0, 0.1) is 5.82 Å². The van der Waals surface area contributed by atoms with Gasteiger partial charge in [-0.05, 0) is 48.7 Å². The lowest BCUT2D eigenvalue weighted by Gasteiger charge is -2.28. The first-order chi connectivity index (χ1) is 11.6. The molecule has 124 valence electrons. The Kier molecular flexibility index (Phi) is 3.83. The molecule has 24 heavy (non-hydrogen) atoms. The van der Waals surface area contributed by atoms with Crippen molar-refractivity contribution in [1.82, 2.24) is 5.32 Å². The Morgan fingerprint density at radius 3 is 2.67 bits per heavy atom. The van der Waals surface area contributed by atoms with Gasteiger partial charge < -0.3 is 10.1 Å². The van der Waals surface area contributed by atoms with Gasteiger partial charge in [-0.15, -0.1) is 0 Å². The molecule has 4 rings (SSSR count). The molecule has 1 aliphatic heterocycles. The van der Waals surface area contributed by atoms with Gasteiger partial charge in [-0.25, -0.2) is 4.39 Å². The maximum Gasteiger partial charge on any atom is 0.231 e. The number of hydrogen-bond acceptors (Lipinski definition) is 2. The molecule has 1 amide bonds. The van der Waals surface area contributed by atoms with Gasteiger partial charge >= 0.3 is 0 Å². The fourth-order valence-corrected chi connectivity index (χ4v) is 3.73. The molecule has 0 bridgehead atoms. The summed E-state index contributed by atoms with van der Waals surface area (Å²) >= 11 is 3.48. The number of benzene rings is 2. The van der Waals surface area contributed by atoms with Crippen molar-refractivity contribution in [2.24, 2.45) is 0 Å². The van der Waals surface area contributed by atoms with E-state index in [1.807, 2.05) is 18.2 Å². The van der Waals surface area contributed by atoms with Crippen molar-refractivity contribution < 1.29 is 13.9 Å². The van der Waals surface area contributed by atoms with Gasteiger partial charge in [0.2, 0.25) is 5.91 Å². The number of nitrogens with one attached hydrogen (secondary N) is 1. The van der Waals surface area contributed by atoms with Crippen LogP contribution in [0.4, 0.5) is 4.39 Å². The molecule has 5 heteroatoms. The van der Waals surface area contributed by atoms with Gasteiger partial charge in [-0.1, -0.05) is 28.1 Å². The molecule has 1 unspecified atom stereocenters.